The zero-order valence-corrected chi connectivity index (χ0v) is 18.8. The Bertz CT molecular complexity index is 934. The minimum atomic E-state index is -0.165. The van der Waals surface area contributed by atoms with Crippen LogP contribution in [0.25, 0.3) is 0 Å². The monoisotopic (exact) mass is 462 g/mol. The summed E-state index contributed by atoms with van der Waals surface area (Å²) in [7, 11) is 0. The van der Waals surface area contributed by atoms with Gasteiger partial charge in [0, 0.05) is 60.2 Å². The molecule has 0 aliphatic carbocycles. The molecule has 0 atom stereocenters. The Hall–Kier alpha value is -2.57. The maximum Gasteiger partial charge on any atom is 0.254 e. The average Bonchev–Trinajstić information content (AvgIpc) is 2.77. The first kappa shape index (κ1) is 23.1. The van der Waals surface area contributed by atoms with Crippen LogP contribution in [0.3, 0.4) is 0 Å². The number of amides is 2. The van der Waals surface area contributed by atoms with Crippen molar-refractivity contribution in [3.63, 3.8) is 0 Å². The fraction of sp³-hybridized carbons (Fsp3) is 0.348. The normalized spacial score (nSPS) is 13.8. The minimum Gasteiger partial charge on any atom is -0.494 e. The molecule has 0 radical (unpaired) electrons. The number of ketones is 1. The molecule has 0 unspecified atom stereocenters. The zero-order chi connectivity index (χ0) is 22.4. The molecule has 8 heteroatoms. The van der Waals surface area contributed by atoms with E-state index in [4.69, 9.17) is 27.9 Å². The first-order chi connectivity index (χ1) is 14.9. The summed E-state index contributed by atoms with van der Waals surface area (Å²) in [6, 6.07) is 11.7. The van der Waals surface area contributed by atoms with E-state index in [9.17, 15) is 14.4 Å². The molecule has 3 rings (SSSR count). The number of hydrogen-bond donors (Lipinski definition) is 0. The molecule has 0 spiro atoms. The van der Waals surface area contributed by atoms with E-state index in [0.717, 1.165) is 0 Å². The SMILES string of the molecule is CCOc1ccc(C(=O)CCC(=O)N2CCN(C(=O)c3cc(Cl)cc(Cl)c3)CC2)cc1. The van der Waals surface area contributed by atoms with Gasteiger partial charge in [-0.05, 0) is 49.4 Å². The number of Topliss-reactive ketones (excluding diaryl/α,β-unsaturated/α-hetero) is 1. The van der Waals surface area contributed by atoms with Crippen LogP contribution in [-0.4, -0.2) is 60.2 Å². The van der Waals surface area contributed by atoms with Crippen LogP contribution in [0.1, 0.15) is 40.5 Å². The number of carbonyl (C=O) groups is 3. The van der Waals surface area contributed by atoms with Gasteiger partial charge in [-0.2, -0.15) is 0 Å². The summed E-state index contributed by atoms with van der Waals surface area (Å²) in [6.07, 6.45) is 0.289. The van der Waals surface area contributed by atoms with Crippen molar-refractivity contribution in [1.29, 1.82) is 0 Å². The lowest BCUT2D eigenvalue weighted by molar-refractivity contribution is -0.132. The van der Waals surface area contributed by atoms with Crippen LogP contribution in [-0.2, 0) is 4.79 Å². The molecule has 0 bridgehead atoms. The largest absolute Gasteiger partial charge is 0.494 e. The molecular formula is C23H24Cl2N2O4. The van der Waals surface area contributed by atoms with Crippen molar-refractivity contribution in [3.05, 3.63) is 63.6 Å². The second-order valence-corrected chi connectivity index (χ2v) is 8.08. The lowest BCUT2D eigenvalue weighted by Crippen LogP contribution is -2.50. The number of hydrogen-bond acceptors (Lipinski definition) is 4. The number of piperazine rings is 1. The molecule has 0 saturated carbocycles. The quantitative estimate of drug-likeness (QED) is 0.573. The summed E-state index contributed by atoms with van der Waals surface area (Å²) >= 11 is 12.0. The standard InChI is InChI=1S/C23H24Cl2N2O4/c1-2-31-20-5-3-16(4-6-20)21(28)7-8-22(29)26-9-11-27(12-10-26)23(30)17-13-18(24)15-19(25)14-17/h3-6,13-15H,2,7-12H2,1H3. The summed E-state index contributed by atoms with van der Waals surface area (Å²) in [4.78, 5) is 40.9. The number of nitrogens with zero attached hydrogens (tertiary/aromatic N) is 2. The highest BCUT2D eigenvalue weighted by atomic mass is 35.5. The Morgan fingerprint density at radius 1 is 0.839 bits per heavy atom. The number of ether oxygens (including phenoxy) is 1. The fourth-order valence-corrected chi connectivity index (χ4v) is 3.97. The highest BCUT2D eigenvalue weighted by molar-refractivity contribution is 6.35. The van der Waals surface area contributed by atoms with E-state index >= 15 is 0 Å². The lowest BCUT2D eigenvalue weighted by atomic mass is 10.1. The van der Waals surface area contributed by atoms with Crippen LogP contribution in [0, 0.1) is 0 Å². The average molecular weight is 463 g/mol. The lowest BCUT2D eigenvalue weighted by Gasteiger charge is -2.35. The molecule has 2 aromatic carbocycles. The van der Waals surface area contributed by atoms with Gasteiger partial charge in [0.05, 0.1) is 6.61 Å². The number of rotatable bonds is 7. The molecule has 31 heavy (non-hydrogen) atoms. The van der Waals surface area contributed by atoms with E-state index in [1.54, 1.807) is 52.3 Å². The summed E-state index contributed by atoms with van der Waals surface area (Å²) in [5.41, 5.74) is 0.991. The van der Waals surface area contributed by atoms with Gasteiger partial charge in [0.1, 0.15) is 5.75 Å². The van der Waals surface area contributed by atoms with Crippen molar-refractivity contribution < 1.29 is 19.1 Å². The van der Waals surface area contributed by atoms with Crippen LogP contribution in [0.2, 0.25) is 10.0 Å². The minimum absolute atomic E-state index is 0.0805. The van der Waals surface area contributed by atoms with E-state index < -0.39 is 0 Å². The van der Waals surface area contributed by atoms with Crippen molar-refractivity contribution in [2.24, 2.45) is 0 Å². The van der Waals surface area contributed by atoms with E-state index in [1.807, 2.05) is 6.92 Å². The Kier molecular flexibility index (Phi) is 7.93. The van der Waals surface area contributed by atoms with Crippen LogP contribution in [0.4, 0.5) is 0 Å². The van der Waals surface area contributed by atoms with Crippen molar-refractivity contribution in [3.8, 4) is 5.75 Å². The van der Waals surface area contributed by atoms with Crippen molar-refractivity contribution in [1.82, 2.24) is 9.80 Å². The van der Waals surface area contributed by atoms with Crippen LogP contribution >= 0.6 is 23.2 Å². The number of carbonyl (C=O) groups excluding carboxylic acids is 3. The van der Waals surface area contributed by atoms with Gasteiger partial charge in [0.2, 0.25) is 5.91 Å². The molecule has 1 heterocycles. The fourth-order valence-electron chi connectivity index (χ4n) is 3.45. The van der Waals surface area contributed by atoms with Gasteiger partial charge in [-0.15, -0.1) is 0 Å². The molecule has 1 saturated heterocycles. The number of halogens is 2. The Morgan fingerprint density at radius 3 is 2.00 bits per heavy atom. The molecule has 6 nitrogen and oxygen atoms in total. The number of benzene rings is 2. The second-order valence-electron chi connectivity index (χ2n) is 7.21. The first-order valence-corrected chi connectivity index (χ1v) is 10.9. The molecule has 1 aliphatic rings. The first-order valence-electron chi connectivity index (χ1n) is 10.2. The predicted molar refractivity (Wildman–Crippen MR) is 120 cm³/mol. The van der Waals surface area contributed by atoms with Gasteiger partial charge in [0.25, 0.3) is 5.91 Å². The van der Waals surface area contributed by atoms with Crippen LogP contribution < -0.4 is 4.74 Å². The Morgan fingerprint density at radius 2 is 1.42 bits per heavy atom. The van der Waals surface area contributed by atoms with Gasteiger partial charge in [-0.25, -0.2) is 0 Å². The van der Waals surface area contributed by atoms with Gasteiger partial charge in [-0.1, -0.05) is 23.2 Å². The maximum absolute atomic E-state index is 12.7. The molecule has 2 aromatic rings. The Labute approximate surface area is 191 Å². The molecule has 0 aromatic heterocycles. The molecular weight excluding hydrogens is 439 g/mol. The van der Waals surface area contributed by atoms with Crippen molar-refractivity contribution in [2.45, 2.75) is 19.8 Å². The van der Waals surface area contributed by atoms with E-state index in [0.29, 0.717) is 59.7 Å². The third-order valence-electron chi connectivity index (χ3n) is 5.08. The maximum atomic E-state index is 12.7. The third-order valence-corrected chi connectivity index (χ3v) is 5.52. The van der Waals surface area contributed by atoms with E-state index in [1.165, 1.54) is 0 Å². The van der Waals surface area contributed by atoms with Gasteiger partial charge in [0.15, 0.2) is 5.78 Å². The molecule has 164 valence electrons. The molecule has 0 N–H and O–H groups in total. The van der Waals surface area contributed by atoms with Crippen LogP contribution in [0.5, 0.6) is 5.75 Å². The van der Waals surface area contributed by atoms with Crippen molar-refractivity contribution >= 4 is 40.8 Å². The molecule has 2 amide bonds. The third kappa shape index (κ3) is 6.21. The topological polar surface area (TPSA) is 66.9 Å². The predicted octanol–water partition coefficient (Wildman–Crippen LogP) is 4.34. The zero-order valence-electron chi connectivity index (χ0n) is 17.3. The molecule has 1 fully saturated rings. The highest BCUT2D eigenvalue weighted by Gasteiger charge is 2.25. The van der Waals surface area contributed by atoms with Gasteiger partial charge < -0.3 is 14.5 Å². The summed E-state index contributed by atoms with van der Waals surface area (Å²) in [5.74, 6) is 0.380. The van der Waals surface area contributed by atoms with Gasteiger partial charge >= 0.3 is 0 Å². The summed E-state index contributed by atoms with van der Waals surface area (Å²) in [5, 5.41) is 0.809. The van der Waals surface area contributed by atoms with Crippen LogP contribution in [0.15, 0.2) is 42.5 Å². The smallest absolute Gasteiger partial charge is 0.254 e. The van der Waals surface area contributed by atoms with Gasteiger partial charge in [-0.3, -0.25) is 14.4 Å². The Balaban J connectivity index is 1.47. The summed E-state index contributed by atoms with van der Waals surface area (Å²) < 4.78 is 5.37. The van der Waals surface area contributed by atoms with E-state index in [2.05, 4.69) is 0 Å². The van der Waals surface area contributed by atoms with Crippen molar-refractivity contribution in [2.75, 3.05) is 32.8 Å². The molecule has 1 aliphatic heterocycles. The summed E-state index contributed by atoms with van der Waals surface area (Å²) in [6.45, 7) is 4.15. The van der Waals surface area contributed by atoms with E-state index in [-0.39, 0.29) is 30.4 Å². The second kappa shape index (κ2) is 10.6. The highest BCUT2D eigenvalue weighted by Crippen LogP contribution is 2.21.